The summed E-state index contributed by atoms with van der Waals surface area (Å²) in [5, 5.41) is 3.17. The van der Waals surface area contributed by atoms with Crippen LogP contribution >= 0.6 is 0 Å². The van der Waals surface area contributed by atoms with Crippen LogP contribution in [0.4, 0.5) is 0 Å². The second kappa shape index (κ2) is 5.87. The molecule has 0 aliphatic rings. The second-order valence-electron chi connectivity index (χ2n) is 4.39. The molecule has 1 aromatic heterocycles. The second-order valence-corrected chi connectivity index (χ2v) is 4.39. The number of methoxy groups -OCH3 is 1. The quantitative estimate of drug-likeness (QED) is 0.850. The predicted octanol–water partition coefficient (Wildman–Crippen LogP) is 2.22. The number of nitrogens with zero attached hydrogens (tertiary/aromatic N) is 2. The topological polar surface area (TPSA) is 39.1 Å². The minimum Gasteiger partial charge on any atom is -0.497 e. The largest absolute Gasteiger partial charge is 0.497 e. The zero-order chi connectivity index (χ0) is 13.0. The first-order valence-corrected chi connectivity index (χ1v) is 6.48. The van der Waals surface area contributed by atoms with E-state index in [1.54, 1.807) is 7.11 Å². The van der Waals surface area contributed by atoms with Crippen LogP contribution in [-0.2, 0) is 13.0 Å². The summed E-state index contributed by atoms with van der Waals surface area (Å²) in [5.41, 5.74) is 2.22. The van der Waals surface area contributed by atoms with E-state index in [2.05, 4.69) is 22.9 Å². The Morgan fingerprint density at radius 3 is 2.89 bits per heavy atom. The van der Waals surface area contributed by atoms with Crippen LogP contribution in [0.25, 0.3) is 11.0 Å². The number of rotatable bonds is 6. The number of nitrogens with one attached hydrogen (secondary N) is 1. The van der Waals surface area contributed by atoms with Crippen molar-refractivity contribution in [3.8, 4) is 5.75 Å². The van der Waals surface area contributed by atoms with Gasteiger partial charge in [-0.1, -0.05) is 6.92 Å². The maximum absolute atomic E-state index is 5.25. The van der Waals surface area contributed by atoms with Crippen molar-refractivity contribution < 1.29 is 4.74 Å². The van der Waals surface area contributed by atoms with Crippen LogP contribution < -0.4 is 10.1 Å². The zero-order valence-electron chi connectivity index (χ0n) is 11.4. The van der Waals surface area contributed by atoms with E-state index >= 15 is 0 Å². The molecule has 4 heteroatoms. The Kier molecular flexibility index (Phi) is 4.20. The van der Waals surface area contributed by atoms with Crippen LogP contribution in [-0.4, -0.2) is 30.3 Å². The number of fused-ring (bicyclic) bond motifs is 1. The van der Waals surface area contributed by atoms with Gasteiger partial charge in [-0.3, -0.25) is 0 Å². The van der Waals surface area contributed by atoms with Gasteiger partial charge in [-0.2, -0.15) is 0 Å². The zero-order valence-corrected chi connectivity index (χ0v) is 11.4. The van der Waals surface area contributed by atoms with E-state index in [0.717, 1.165) is 43.0 Å². The molecule has 1 N–H and O–H groups in total. The Bertz CT molecular complexity index is 519. The van der Waals surface area contributed by atoms with Crippen molar-refractivity contribution in [3.63, 3.8) is 0 Å². The average molecular weight is 247 g/mol. The lowest BCUT2D eigenvalue weighted by Crippen LogP contribution is -2.14. The normalized spacial score (nSPS) is 11.1. The van der Waals surface area contributed by atoms with Crippen LogP contribution in [0, 0.1) is 0 Å². The monoisotopic (exact) mass is 247 g/mol. The van der Waals surface area contributed by atoms with Crippen LogP contribution in [0.15, 0.2) is 18.2 Å². The van der Waals surface area contributed by atoms with Crippen molar-refractivity contribution in [2.75, 3.05) is 20.7 Å². The molecule has 0 spiro atoms. The SMILES string of the molecule is CCCn1c(CCNC)nc2cc(OC)ccc21. The smallest absolute Gasteiger partial charge is 0.121 e. The number of benzene rings is 1. The lowest BCUT2D eigenvalue weighted by atomic mass is 10.3. The molecular weight excluding hydrogens is 226 g/mol. The van der Waals surface area contributed by atoms with E-state index in [9.17, 15) is 0 Å². The van der Waals surface area contributed by atoms with Crippen LogP contribution in [0.2, 0.25) is 0 Å². The van der Waals surface area contributed by atoms with Crippen molar-refractivity contribution in [2.24, 2.45) is 0 Å². The third-order valence-electron chi connectivity index (χ3n) is 3.08. The first-order chi connectivity index (χ1) is 8.80. The third kappa shape index (κ3) is 2.48. The minimum atomic E-state index is 0.865. The molecule has 0 aliphatic heterocycles. The molecule has 2 aromatic rings. The molecule has 0 saturated carbocycles. The van der Waals surface area contributed by atoms with Crippen molar-refractivity contribution in [2.45, 2.75) is 26.3 Å². The molecule has 1 heterocycles. The van der Waals surface area contributed by atoms with Gasteiger partial charge in [0.1, 0.15) is 11.6 Å². The summed E-state index contributed by atoms with van der Waals surface area (Å²) in [5.74, 6) is 2.01. The maximum Gasteiger partial charge on any atom is 0.121 e. The van der Waals surface area contributed by atoms with Gasteiger partial charge in [-0.05, 0) is 25.6 Å². The number of ether oxygens (including phenoxy) is 1. The Morgan fingerprint density at radius 2 is 2.22 bits per heavy atom. The molecule has 4 nitrogen and oxygen atoms in total. The number of aromatic nitrogens is 2. The van der Waals surface area contributed by atoms with Crippen molar-refractivity contribution in [1.29, 1.82) is 0 Å². The Hall–Kier alpha value is -1.55. The highest BCUT2D eigenvalue weighted by Gasteiger charge is 2.10. The molecule has 2 rings (SSSR count). The van der Waals surface area contributed by atoms with Crippen LogP contribution in [0.3, 0.4) is 0 Å². The molecule has 0 unspecified atom stereocenters. The van der Waals surface area contributed by atoms with Gasteiger partial charge in [-0.15, -0.1) is 0 Å². The summed E-state index contributed by atoms with van der Waals surface area (Å²) in [6.07, 6.45) is 2.07. The fraction of sp³-hybridized carbons (Fsp3) is 0.500. The number of hydrogen-bond acceptors (Lipinski definition) is 3. The Labute approximate surface area is 108 Å². The van der Waals surface area contributed by atoms with Crippen molar-refractivity contribution in [1.82, 2.24) is 14.9 Å². The van der Waals surface area contributed by atoms with E-state index in [1.807, 2.05) is 19.2 Å². The molecule has 0 aliphatic carbocycles. The van der Waals surface area contributed by atoms with E-state index in [4.69, 9.17) is 9.72 Å². The molecule has 0 saturated heterocycles. The van der Waals surface area contributed by atoms with E-state index in [-0.39, 0.29) is 0 Å². The number of likely N-dealkylation sites (N-methyl/N-ethyl adjacent to an activating group) is 1. The minimum absolute atomic E-state index is 0.865. The van der Waals surface area contributed by atoms with E-state index < -0.39 is 0 Å². The van der Waals surface area contributed by atoms with Gasteiger partial charge in [0.25, 0.3) is 0 Å². The van der Waals surface area contributed by atoms with E-state index in [0.29, 0.717) is 0 Å². The average Bonchev–Trinajstić information content (AvgIpc) is 2.74. The lowest BCUT2D eigenvalue weighted by molar-refractivity contribution is 0.415. The standard InChI is InChI=1S/C14H21N3O/c1-4-9-17-13-6-5-11(18-3)10-12(13)16-14(17)7-8-15-2/h5-6,10,15H,4,7-9H2,1-3H3. The summed E-state index contributed by atoms with van der Waals surface area (Å²) < 4.78 is 7.56. The van der Waals surface area contributed by atoms with Gasteiger partial charge in [0.2, 0.25) is 0 Å². The van der Waals surface area contributed by atoms with Gasteiger partial charge in [0.15, 0.2) is 0 Å². The summed E-state index contributed by atoms with van der Waals surface area (Å²) in [7, 11) is 3.65. The van der Waals surface area contributed by atoms with Crippen molar-refractivity contribution >= 4 is 11.0 Å². The molecule has 0 amide bonds. The number of imidazole rings is 1. The van der Waals surface area contributed by atoms with Gasteiger partial charge in [0.05, 0.1) is 18.1 Å². The number of aryl methyl sites for hydroxylation is 1. The highest BCUT2D eigenvalue weighted by Crippen LogP contribution is 2.22. The number of hydrogen-bond donors (Lipinski definition) is 1. The fourth-order valence-corrected chi connectivity index (χ4v) is 2.19. The highest BCUT2D eigenvalue weighted by molar-refractivity contribution is 5.77. The Morgan fingerprint density at radius 1 is 1.39 bits per heavy atom. The van der Waals surface area contributed by atoms with Crippen LogP contribution in [0.1, 0.15) is 19.2 Å². The summed E-state index contributed by atoms with van der Waals surface area (Å²) in [4.78, 5) is 4.72. The fourth-order valence-electron chi connectivity index (χ4n) is 2.19. The Balaban J connectivity index is 2.44. The summed E-state index contributed by atoms with van der Waals surface area (Å²) in [6, 6.07) is 6.10. The van der Waals surface area contributed by atoms with Gasteiger partial charge < -0.3 is 14.6 Å². The van der Waals surface area contributed by atoms with E-state index in [1.165, 1.54) is 5.52 Å². The highest BCUT2D eigenvalue weighted by atomic mass is 16.5. The van der Waals surface area contributed by atoms with Gasteiger partial charge in [0, 0.05) is 25.6 Å². The molecule has 1 aromatic carbocycles. The third-order valence-corrected chi connectivity index (χ3v) is 3.08. The predicted molar refractivity (Wildman–Crippen MR) is 74.2 cm³/mol. The lowest BCUT2D eigenvalue weighted by Gasteiger charge is -2.07. The molecule has 0 radical (unpaired) electrons. The molecule has 0 fully saturated rings. The molecule has 0 bridgehead atoms. The first-order valence-electron chi connectivity index (χ1n) is 6.48. The molecule has 0 atom stereocenters. The molecule has 98 valence electrons. The summed E-state index contributed by atoms with van der Waals surface area (Å²) >= 11 is 0. The molecular formula is C14H21N3O. The van der Waals surface area contributed by atoms with Crippen molar-refractivity contribution in [3.05, 3.63) is 24.0 Å². The maximum atomic E-state index is 5.25. The van der Waals surface area contributed by atoms with Gasteiger partial charge in [-0.25, -0.2) is 4.98 Å². The first kappa shape index (κ1) is 12.9. The molecule has 18 heavy (non-hydrogen) atoms. The summed E-state index contributed by atoms with van der Waals surface area (Å²) in [6.45, 7) is 4.16. The van der Waals surface area contributed by atoms with Crippen LogP contribution in [0.5, 0.6) is 5.75 Å². The van der Waals surface area contributed by atoms with Gasteiger partial charge >= 0.3 is 0 Å².